The molecule has 1 aromatic carbocycles. The molecule has 0 spiro atoms. The van der Waals surface area contributed by atoms with Crippen molar-refractivity contribution in [3.05, 3.63) is 71.8 Å². The van der Waals surface area contributed by atoms with E-state index in [4.69, 9.17) is 15.2 Å². The molecule has 0 aliphatic rings. The molecule has 2 N–H and O–H groups in total. The lowest BCUT2D eigenvalue weighted by molar-refractivity contribution is 0.0511. The Kier molecular flexibility index (Phi) is 5.06. The molecule has 1 atom stereocenters. The molecule has 4 aromatic rings. The zero-order chi connectivity index (χ0) is 18.6. The number of pyridine rings is 1. The lowest BCUT2D eigenvalue weighted by Crippen LogP contribution is -2.15. The fourth-order valence-electron chi connectivity index (χ4n) is 2.90. The van der Waals surface area contributed by atoms with Crippen LogP contribution in [0.5, 0.6) is 5.75 Å². The third-order valence-corrected chi connectivity index (χ3v) is 5.10. The van der Waals surface area contributed by atoms with Gasteiger partial charge in [0.1, 0.15) is 16.9 Å². The fraction of sp³-hybridized carbons (Fsp3) is 0.150. The number of thiophene rings is 1. The van der Waals surface area contributed by atoms with Crippen LogP contribution in [-0.2, 0) is 4.74 Å². The van der Waals surface area contributed by atoms with Crippen molar-refractivity contribution in [1.82, 2.24) is 15.0 Å². The summed E-state index contributed by atoms with van der Waals surface area (Å²) in [6, 6.07) is 13.1. The SMILES string of the molecule is COCOc1ccc(-c2csc3ncnc(C(N)c4ccccn4)c23)cc1. The molecular formula is C20H18N4O2S. The standard InChI is InChI=1S/C20H18N4O2S/c1-25-12-26-14-7-5-13(6-8-14)15-10-27-20-17(15)19(23-11-24-20)18(21)16-4-2-3-9-22-16/h2-11,18H,12,21H2,1H3. The highest BCUT2D eigenvalue weighted by atomic mass is 32.1. The number of nitrogens with zero attached hydrogens (tertiary/aromatic N) is 3. The van der Waals surface area contributed by atoms with E-state index in [-0.39, 0.29) is 6.79 Å². The van der Waals surface area contributed by atoms with Crippen molar-refractivity contribution in [1.29, 1.82) is 0 Å². The maximum Gasteiger partial charge on any atom is 0.188 e. The summed E-state index contributed by atoms with van der Waals surface area (Å²) in [6.07, 6.45) is 3.29. The summed E-state index contributed by atoms with van der Waals surface area (Å²) in [4.78, 5) is 14.2. The molecular weight excluding hydrogens is 360 g/mol. The van der Waals surface area contributed by atoms with Crippen molar-refractivity contribution >= 4 is 21.6 Å². The van der Waals surface area contributed by atoms with Gasteiger partial charge < -0.3 is 15.2 Å². The second kappa shape index (κ2) is 7.79. The molecule has 6 nitrogen and oxygen atoms in total. The van der Waals surface area contributed by atoms with Crippen LogP contribution in [0.25, 0.3) is 21.3 Å². The Morgan fingerprint density at radius 1 is 1.07 bits per heavy atom. The van der Waals surface area contributed by atoms with Crippen LogP contribution < -0.4 is 10.5 Å². The summed E-state index contributed by atoms with van der Waals surface area (Å²) in [7, 11) is 1.60. The number of nitrogens with two attached hydrogens (primary N) is 1. The summed E-state index contributed by atoms with van der Waals surface area (Å²) < 4.78 is 10.4. The van der Waals surface area contributed by atoms with Crippen LogP contribution in [0, 0.1) is 0 Å². The van der Waals surface area contributed by atoms with E-state index in [0.29, 0.717) is 0 Å². The zero-order valence-electron chi connectivity index (χ0n) is 14.7. The van der Waals surface area contributed by atoms with Gasteiger partial charge in [0, 0.05) is 29.6 Å². The summed E-state index contributed by atoms with van der Waals surface area (Å²) in [5.74, 6) is 0.752. The highest BCUT2D eigenvalue weighted by molar-refractivity contribution is 7.17. The van der Waals surface area contributed by atoms with Crippen LogP contribution in [0.3, 0.4) is 0 Å². The number of hydrogen-bond acceptors (Lipinski definition) is 7. The number of ether oxygens (including phenoxy) is 2. The summed E-state index contributed by atoms with van der Waals surface area (Å²) in [6.45, 7) is 0.220. The smallest absolute Gasteiger partial charge is 0.188 e. The first-order valence-electron chi connectivity index (χ1n) is 8.38. The zero-order valence-corrected chi connectivity index (χ0v) is 15.5. The molecule has 3 aromatic heterocycles. The van der Waals surface area contributed by atoms with E-state index in [9.17, 15) is 0 Å². The number of rotatable bonds is 6. The Labute approximate surface area is 160 Å². The Hall–Kier alpha value is -2.87. The predicted molar refractivity (Wildman–Crippen MR) is 106 cm³/mol. The molecule has 7 heteroatoms. The molecule has 4 rings (SSSR count). The third-order valence-electron chi connectivity index (χ3n) is 4.21. The lowest BCUT2D eigenvalue weighted by Gasteiger charge is -2.13. The van der Waals surface area contributed by atoms with Gasteiger partial charge in [0.2, 0.25) is 0 Å². The number of methoxy groups -OCH3 is 1. The molecule has 0 aliphatic carbocycles. The van der Waals surface area contributed by atoms with E-state index in [1.54, 1.807) is 31.0 Å². The van der Waals surface area contributed by atoms with E-state index in [1.165, 1.54) is 0 Å². The molecule has 0 radical (unpaired) electrons. The van der Waals surface area contributed by atoms with Gasteiger partial charge in [-0.3, -0.25) is 4.98 Å². The average Bonchev–Trinajstić information content (AvgIpc) is 3.17. The van der Waals surface area contributed by atoms with Crippen LogP contribution in [-0.4, -0.2) is 28.9 Å². The second-order valence-electron chi connectivity index (χ2n) is 5.90. The van der Waals surface area contributed by atoms with Gasteiger partial charge in [-0.15, -0.1) is 11.3 Å². The van der Waals surface area contributed by atoms with Crippen molar-refractivity contribution in [2.24, 2.45) is 5.73 Å². The highest BCUT2D eigenvalue weighted by Gasteiger charge is 2.19. The Morgan fingerprint density at radius 3 is 2.67 bits per heavy atom. The Bertz CT molecular complexity index is 1030. The number of fused-ring (bicyclic) bond motifs is 1. The van der Waals surface area contributed by atoms with Gasteiger partial charge in [0.15, 0.2) is 6.79 Å². The van der Waals surface area contributed by atoms with Gasteiger partial charge in [-0.1, -0.05) is 18.2 Å². The first-order chi connectivity index (χ1) is 13.3. The minimum absolute atomic E-state index is 0.220. The first kappa shape index (κ1) is 17.5. The van der Waals surface area contributed by atoms with Crippen LogP contribution in [0.15, 0.2) is 60.4 Å². The summed E-state index contributed by atoms with van der Waals surface area (Å²) >= 11 is 1.58. The molecule has 27 heavy (non-hydrogen) atoms. The second-order valence-corrected chi connectivity index (χ2v) is 6.75. The molecule has 1 unspecified atom stereocenters. The summed E-state index contributed by atoms with van der Waals surface area (Å²) in [5, 5.41) is 3.05. The topological polar surface area (TPSA) is 83.2 Å². The van der Waals surface area contributed by atoms with Crippen LogP contribution in [0.4, 0.5) is 0 Å². The van der Waals surface area contributed by atoms with E-state index in [0.717, 1.165) is 38.5 Å². The fourth-order valence-corrected chi connectivity index (χ4v) is 3.83. The largest absolute Gasteiger partial charge is 0.468 e. The minimum atomic E-state index is -0.422. The van der Waals surface area contributed by atoms with E-state index in [2.05, 4.69) is 20.3 Å². The van der Waals surface area contributed by atoms with Gasteiger partial charge in [0.05, 0.1) is 17.4 Å². The van der Waals surface area contributed by atoms with Crippen LogP contribution in [0.1, 0.15) is 17.4 Å². The van der Waals surface area contributed by atoms with Crippen molar-refractivity contribution in [3.8, 4) is 16.9 Å². The van der Waals surface area contributed by atoms with Crippen molar-refractivity contribution in [3.63, 3.8) is 0 Å². The van der Waals surface area contributed by atoms with E-state index >= 15 is 0 Å². The van der Waals surface area contributed by atoms with E-state index < -0.39 is 6.04 Å². The molecule has 0 aliphatic heterocycles. The van der Waals surface area contributed by atoms with Crippen molar-refractivity contribution in [2.45, 2.75) is 6.04 Å². The maximum absolute atomic E-state index is 6.49. The molecule has 0 saturated carbocycles. The van der Waals surface area contributed by atoms with Crippen molar-refractivity contribution < 1.29 is 9.47 Å². The number of hydrogen-bond donors (Lipinski definition) is 1. The molecule has 0 bridgehead atoms. The van der Waals surface area contributed by atoms with Gasteiger partial charge in [-0.2, -0.15) is 0 Å². The van der Waals surface area contributed by atoms with Crippen LogP contribution >= 0.6 is 11.3 Å². The molecule has 3 heterocycles. The highest BCUT2D eigenvalue weighted by Crippen LogP contribution is 2.37. The number of benzene rings is 1. The van der Waals surface area contributed by atoms with Crippen LogP contribution in [0.2, 0.25) is 0 Å². The Balaban J connectivity index is 1.76. The molecule has 0 saturated heterocycles. The summed E-state index contributed by atoms with van der Waals surface area (Å²) in [5.41, 5.74) is 10.1. The Morgan fingerprint density at radius 2 is 1.93 bits per heavy atom. The van der Waals surface area contributed by atoms with Crippen molar-refractivity contribution in [2.75, 3.05) is 13.9 Å². The van der Waals surface area contributed by atoms with Gasteiger partial charge in [-0.25, -0.2) is 9.97 Å². The molecule has 0 fully saturated rings. The van der Waals surface area contributed by atoms with Gasteiger partial charge in [-0.05, 0) is 29.8 Å². The quantitative estimate of drug-likeness (QED) is 0.514. The normalized spacial score (nSPS) is 12.2. The average molecular weight is 378 g/mol. The predicted octanol–water partition coefficient (Wildman–Crippen LogP) is 3.78. The number of aromatic nitrogens is 3. The molecule has 136 valence electrons. The third kappa shape index (κ3) is 3.52. The monoisotopic (exact) mass is 378 g/mol. The van der Waals surface area contributed by atoms with E-state index in [1.807, 2.05) is 42.5 Å². The lowest BCUT2D eigenvalue weighted by atomic mass is 10.0. The minimum Gasteiger partial charge on any atom is -0.468 e. The van der Waals surface area contributed by atoms with Gasteiger partial charge >= 0.3 is 0 Å². The van der Waals surface area contributed by atoms with Gasteiger partial charge in [0.25, 0.3) is 0 Å². The molecule has 0 amide bonds. The maximum atomic E-state index is 6.49. The first-order valence-corrected chi connectivity index (χ1v) is 9.26.